The van der Waals surface area contributed by atoms with E-state index in [2.05, 4.69) is 0 Å². The third kappa shape index (κ3) is 4.24. The van der Waals surface area contributed by atoms with Crippen molar-refractivity contribution in [2.24, 2.45) is 5.73 Å². The normalized spacial score (nSPS) is 12.7. The van der Waals surface area contributed by atoms with E-state index in [0.29, 0.717) is 17.1 Å². The Balaban J connectivity index is 2.17. The second-order valence-corrected chi connectivity index (χ2v) is 5.43. The summed E-state index contributed by atoms with van der Waals surface area (Å²) in [6.45, 7) is 0.879. The molecule has 0 heterocycles. The number of halogens is 3. The lowest BCUT2D eigenvalue weighted by Gasteiger charge is -2.27. The minimum Gasteiger partial charge on any atom is -0.329 e. The van der Waals surface area contributed by atoms with Crippen LogP contribution in [0.2, 0.25) is 5.02 Å². The first-order chi connectivity index (χ1) is 9.99. The molecule has 0 bridgehead atoms. The molecule has 2 rings (SSSR count). The van der Waals surface area contributed by atoms with Crippen molar-refractivity contribution in [2.75, 3.05) is 13.6 Å². The van der Waals surface area contributed by atoms with Gasteiger partial charge in [0.25, 0.3) is 0 Å². The summed E-state index contributed by atoms with van der Waals surface area (Å²) in [7, 11) is 1.87. The van der Waals surface area contributed by atoms with Crippen LogP contribution >= 0.6 is 11.6 Å². The molecule has 0 aliphatic carbocycles. The minimum atomic E-state index is -0.594. The molecule has 0 radical (unpaired) electrons. The molecule has 0 saturated carbocycles. The van der Waals surface area contributed by atoms with E-state index in [1.165, 1.54) is 12.1 Å². The lowest BCUT2D eigenvalue weighted by molar-refractivity contribution is 0.241. The number of nitrogens with two attached hydrogens (primary N) is 1. The first-order valence-corrected chi connectivity index (χ1v) is 6.98. The van der Waals surface area contributed by atoms with E-state index in [9.17, 15) is 8.78 Å². The monoisotopic (exact) mass is 310 g/mol. The first kappa shape index (κ1) is 15.9. The Morgan fingerprint density at radius 2 is 1.67 bits per heavy atom. The van der Waals surface area contributed by atoms with Crippen molar-refractivity contribution < 1.29 is 8.78 Å². The van der Waals surface area contributed by atoms with Gasteiger partial charge in [0.1, 0.15) is 11.6 Å². The zero-order valence-electron chi connectivity index (χ0n) is 11.7. The average Bonchev–Trinajstić information content (AvgIpc) is 2.41. The maximum absolute atomic E-state index is 13.3. The van der Waals surface area contributed by atoms with E-state index in [1.807, 2.05) is 36.2 Å². The van der Waals surface area contributed by atoms with Crippen LogP contribution < -0.4 is 5.73 Å². The van der Waals surface area contributed by atoms with Crippen LogP contribution in [0.3, 0.4) is 0 Å². The summed E-state index contributed by atoms with van der Waals surface area (Å²) < 4.78 is 26.7. The molecule has 21 heavy (non-hydrogen) atoms. The fourth-order valence-electron chi connectivity index (χ4n) is 2.33. The highest BCUT2D eigenvalue weighted by Gasteiger charge is 2.17. The van der Waals surface area contributed by atoms with Gasteiger partial charge in [-0.25, -0.2) is 8.78 Å². The molecule has 0 aliphatic rings. The molecule has 0 aromatic heterocycles. The molecular weight excluding hydrogens is 294 g/mol. The number of nitrogens with zero attached hydrogens (tertiary/aromatic N) is 1. The zero-order valence-corrected chi connectivity index (χ0v) is 12.4. The quantitative estimate of drug-likeness (QED) is 0.911. The Kier molecular flexibility index (Phi) is 5.28. The van der Waals surface area contributed by atoms with Gasteiger partial charge in [-0.1, -0.05) is 23.7 Å². The van der Waals surface area contributed by atoms with Crippen LogP contribution in [0.25, 0.3) is 0 Å². The number of rotatable bonds is 5. The van der Waals surface area contributed by atoms with Crippen molar-refractivity contribution in [2.45, 2.75) is 12.6 Å². The Labute approximate surface area is 128 Å². The highest BCUT2D eigenvalue weighted by Crippen LogP contribution is 2.22. The molecule has 0 fully saturated rings. The Morgan fingerprint density at radius 1 is 1.10 bits per heavy atom. The molecule has 1 atom stereocenters. The van der Waals surface area contributed by atoms with Gasteiger partial charge < -0.3 is 5.73 Å². The van der Waals surface area contributed by atoms with E-state index in [1.54, 1.807) is 0 Å². The molecule has 5 heteroatoms. The maximum atomic E-state index is 13.3. The lowest BCUT2D eigenvalue weighted by atomic mass is 10.0. The topological polar surface area (TPSA) is 29.3 Å². The average molecular weight is 311 g/mol. The third-order valence-electron chi connectivity index (χ3n) is 3.37. The summed E-state index contributed by atoms with van der Waals surface area (Å²) in [5.74, 6) is -1.19. The SMILES string of the molecule is CN(Cc1ccc(Cl)cc1)C(CN)c1cc(F)cc(F)c1. The van der Waals surface area contributed by atoms with Crippen LogP contribution in [0.5, 0.6) is 0 Å². The van der Waals surface area contributed by atoms with E-state index in [-0.39, 0.29) is 12.6 Å². The minimum absolute atomic E-state index is 0.258. The van der Waals surface area contributed by atoms with Crippen LogP contribution in [0.15, 0.2) is 42.5 Å². The van der Waals surface area contributed by atoms with E-state index >= 15 is 0 Å². The van der Waals surface area contributed by atoms with E-state index < -0.39 is 11.6 Å². The number of likely N-dealkylation sites (N-methyl/N-ethyl adjacent to an activating group) is 1. The summed E-state index contributed by atoms with van der Waals surface area (Å²) in [5, 5.41) is 0.670. The fraction of sp³-hybridized carbons (Fsp3) is 0.250. The second-order valence-electron chi connectivity index (χ2n) is 5.00. The van der Waals surface area contributed by atoms with Gasteiger partial charge in [0.05, 0.1) is 0 Å². The Bertz CT molecular complexity index is 581. The van der Waals surface area contributed by atoms with Crippen molar-refractivity contribution in [3.63, 3.8) is 0 Å². The molecule has 112 valence electrons. The lowest BCUT2D eigenvalue weighted by Crippen LogP contribution is -2.30. The van der Waals surface area contributed by atoms with Crippen LogP contribution in [0.4, 0.5) is 8.78 Å². The highest BCUT2D eigenvalue weighted by molar-refractivity contribution is 6.30. The van der Waals surface area contributed by atoms with Gasteiger partial charge >= 0.3 is 0 Å². The summed E-state index contributed by atoms with van der Waals surface area (Å²) in [6, 6.07) is 10.7. The van der Waals surface area contributed by atoms with E-state index in [4.69, 9.17) is 17.3 Å². The van der Waals surface area contributed by atoms with Gasteiger partial charge in [-0.15, -0.1) is 0 Å². The van der Waals surface area contributed by atoms with Crippen molar-refractivity contribution in [3.05, 3.63) is 70.2 Å². The van der Waals surface area contributed by atoms with E-state index in [0.717, 1.165) is 11.6 Å². The van der Waals surface area contributed by atoms with Gasteiger partial charge in [-0.2, -0.15) is 0 Å². The molecule has 2 N–H and O–H groups in total. The van der Waals surface area contributed by atoms with Gasteiger partial charge in [0.2, 0.25) is 0 Å². The molecule has 1 unspecified atom stereocenters. The summed E-state index contributed by atoms with van der Waals surface area (Å²) in [5.41, 5.74) is 7.36. The first-order valence-electron chi connectivity index (χ1n) is 6.60. The predicted molar refractivity (Wildman–Crippen MR) is 81.1 cm³/mol. The van der Waals surface area contributed by atoms with Crippen molar-refractivity contribution in [1.82, 2.24) is 4.90 Å². The summed E-state index contributed by atoms with van der Waals surface area (Å²) in [6.07, 6.45) is 0. The molecular formula is C16H17ClF2N2. The molecule has 0 aliphatic heterocycles. The maximum Gasteiger partial charge on any atom is 0.126 e. The Morgan fingerprint density at radius 3 is 2.19 bits per heavy atom. The fourth-order valence-corrected chi connectivity index (χ4v) is 2.45. The number of hydrogen-bond donors (Lipinski definition) is 1. The van der Waals surface area contributed by atoms with Gasteiger partial charge in [0.15, 0.2) is 0 Å². The standard InChI is InChI=1S/C16H17ClF2N2/c1-21(10-11-2-4-13(17)5-3-11)16(9-20)12-6-14(18)8-15(19)7-12/h2-8,16H,9-10,20H2,1H3. The molecule has 0 spiro atoms. The molecule has 2 nitrogen and oxygen atoms in total. The summed E-state index contributed by atoms with van der Waals surface area (Å²) in [4.78, 5) is 1.96. The van der Waals surface area contributed by atoms with Crippen LogP contribution in [0, 0.1) is 11.6 Å². The largest absolute Gasteiger partial charge is 0.329 e. The highest BCUT2D eigenvalue weighted by atomic mass is 35.5. The van der Waals surface area contributed by atoms with Gasteiger partial charge in [-0.3, -0.25) is 4.90 Å². The predicted octanol–water partition coefficient (Wildman–Crippen LogP) is 3.75. The molecule has 0 saturated heterocycles. The zero-order chi connectivity index (χ0) is 15.4. The van der Waals surface area contributed by atoms with Crippen molar-refractivity contribution in [3.8, 4) is 0 Å². The number of hydrogen-bond acceptors (Lipinski definition) is 2. The van der Waals surface area contributed by atoms with Crippen LogP contribution in [-0.2, 0) is 6.54 Å². The van der Waals surface area contributed by atoms with Crippen LogP contribution in [-0.4, -0.2) is 18.5 Å². The molecule has 0 amide bonds. The van der Waals surface area contributed by atoms with Crippen LogP contribution in [0.1, 0.15) is 17.2 Å². The van der Waals surface area contributed by atoms with Gasteiger partial charge in [-0.05, 0) is 42.4 Å². The molecule has 2 aromatic carbocycles. The smallest absolute Gasteiger partial charge is 0.126 e. The van der Waals surface area contributed by atoms with Crippen molar-refractivity contribution >= 4 is 11.6 Å². The van der Waals surface area contributed by atoms with Gasteiger partial charge in [0, 0.05) is 30.2 Å². The number of benzene rings is 2. The molecule has 2 aromatic rings. The van der Waals surface area contributed by atoms with Crippen molar-refractivity contribution in [1.29, 1.82) is 0 Å². The second kappa shape index (κ2) is 6.98. The Hall–Kier alpha value is -1.49. The summed E-state index contributed by atoms with van der Waals surface area (Å²) >= 11 is 5.85. The third-order valence-corrected chi connectivity index (χ3v) is 3.62.